The SMILES string of the molecule is Cc1c(B(O)O)cccc1N1C(N)=NC(N)=NC12CCCCC2. The molecule has 1 aromatic carbocycles. The van der Waals surface area contributed by atoms with Crippen LogP contribution in [-0.4, -0.2) is 34.7 Å². The van der Waals surface area contributed by atoms with Gasteiger partial charge >= 0.3 is 7.12 Å². The molecule has 6 N–H and O–H groups in total. The van der Waals surface area contributed by atoms with E-state index in [1.807, 2.05) is 17.9 Å². The van der Waals surface area contributed by atoms with Crippen LogP contribution < -0.4 is 21.8 Å². The van der Waals surface area contributed by atoms with Crippen LogP contribution in [-0.2, 0) is 0 Å². The van der Waals surface area contributed by atoms with Crippen molar-refractivity contribution in [2.24, 2.45) is 21.5 Å². The lowest BCUT2D eigenvalue weighted by Crippen LogP contribution is -2.58. The summed E-state index contributed by atoms with van der Waals surface area (Å²) in [6.07, 6.45) is 4.94. The molecule has 7 nitrogen and oxygen atoms in total. The number of hydrogen-bond donors (Lipinski definition) is 4. The van der Waals surface area contributed by atoms with Crippen molar-refractivity contribution in [2.45, 2.75) is 44.7 Å². The van der Waals surface area contributed by atoms with Crippen molar-refractivity contribution in [3.05, 3.63) is 23.8 Å². The van der Waals surface area contributed by atoms with E-state index in [9.17, 15) is 10.0 Å². The molecule has 1 aliphatic carbocycles. The molecule has 1 heterocycles. The number of nitrogens with zero attached hydrogens (tertiary/aromatic N) is 3. The maximum absolute atomic E-state index is 9.57. The fraction of sp³-hybridized carbons (Fsp3) is 0.467. The summed E-state index contributed by atoms with van der Waals surface area (Å²) in [5, 5.41) is 19.1. The Hall–Kier alpha value is -2.06. The van der Waals surface area contributed by atoms with Crippen LogP contribution in [0.1, 0.15) is 37.7 Å². The quantitative estimate of drug-likeness (QED) is 0.563. The summed E-state index contributed by atoms with van der Waals surface area (Å²) in [5.41, 5.74) is 13.5. The molecule has 0 unspecified atom stereocenters. The predicted molar refractivity (Wildman–Crippen MR) is 92.5 cm³/mol. The van der Waals surface area contributed by atoms with Gasteiger partial charge in [-0.2, -0.15) is 4.99 Å². The number of hydrogen-bond acceptors (Lipinski definition) is 7. The first-order chi connectivity index (χ1) is 10.9. The number of anilines is 1. The highest BCUT2D eigenvalue weighted by Gasteiger charge is 2.43. The van der Waals surface area contributed by atoms with Gasteiger partial charge in [-0.15, -0.1) is 0 Å². The summed E-state index contributed by atoms with van der Waals surface area (Å²) in [5.74, 6) is 0.503. The van der Waals surface area contributed by atoms with E-state index < -0.39 is 12.8 Å². The van der Waals surface area contributed by atoms with E-state index in [0.717, 1.165) is 43.4 Å². The molecule has 1 aromatic rings. The van der Waals surface area contributed by atoms with Gasteiger partial charge in [0.15, 0.2) is 0 Å². The van der Waals surface area contributed by atoms with Crippen molar-refractivity contribution in [3.8, 4) is 0 Å². The van der Waals surface area contributed by atoms with Crippen LogP contribution in [0.2, 0.25) is 0 Å². The Morgan fingerprint density at radius 2 is 1.87 bits per heavy atom. The normalized spacial score (nSPS) is 20.2. The first-order valence-electron chi connectivity index (χ1n) is 7.90. The van der Waals surface area contributed by atoms with E-state index in [2.05, 4.69) is 9.98 Å². The monoisotopic (exact) mass is 315 g/mol. The van der Waals surface area contributed by atoms with Crippen LogP contribution in [0.25, 0.3) is 0 Å². The fourth-order valence-electron chi connectivity index (χ4n) is 3.63. The third-order valence-corrected chi connectivity index (χ3v) is 4.72. The molecule has 0 radical (unpaired) electrons. The lowest BCUT2D eigenvalue weighted by Gasteiger charge is -2.46. The van der Waals surface area contributed by atoms with E-state index in [1.54, 1.807) is 12.1 Å². The molecule has 0 amide bonds. The summed E-state index contributed by atoms with van der Waals surface area (Å²) >= 11 is 0. The molecule has 23 heavy (non-hydrogen) atoms. The number of rotatable bonds is 2. The Kier molecular flexibility index (Phi) is 4.03. The van der Waals surface area contributed by atoms with Crippen LogP contribution in [0, 0.1) is 6.92 Å². The minimum absolute atomic E-state index is 0.205. The Balaban J connectivity index is 2.13. The second-order valence-electron chi connectivity index (χ2n) is 6.18. The summed E-state index contributed by atoms with van der Waals surface area (Å²) in [6, 6.07) is 5.37. The molecular weight excluding hydrogens is 293 g/mol. The van der Waals surface area contributed by atoms with Crippen molar-refractivity contribution in [1.82, 2.24) is 0 Å². The Labute approximate surface area is 135 Å². The first-order valence-corrected chi connectivity index (χ1v) is 7.90. The van der Waals surface area contributed by atoms with Gasteiger partial charge in [0.2, 0.25) is 11.9 Å². The summed E-state index contributed by atoms with van der Waals surface area (Å²) in [6.45, 7) is 1.84. The third kappa shape index (κ3) is 2.68. The van der Waals surface area contributed by atoms with Crippen LogP contribution in [0.15, 0.2) is 28.2 Å². The van der Waals surface area contributed by atoms with E-state index in [-0.39, 0.29) is 5.96 Å². The number of guanidine groups is 2. The predicted octanol–water partition coefficient (Wildman–Crippen LogP) is -0.215. The Morgan fingerprint density at radius 1 is 1.17 bits per heavy atom. The molecule has 1 aliphatic heterocycles. The highest BCUT2D eigenvalue weighted by atomic mass is 16.4. The van der Waals surface area contributed by atoms with Crippen molar-refractivity contribution in [1.29, 1.82) is 0 Å². The highest BCUT2D eigenvalue weighted by Crippen LogP contribution is 2.40. The third-order valence-electron chi connectivity index (χ3n) is 4.72. The molecule has 0 saturated heterocycles. The van der Waals surface area contributed by atoms with E-state index >= 15 is 0 Å². The van der Waals surface area contributed by atoms with Gasteiger partial charge in [-0.25, -0.2) is 4.99 Å². The summed E-state index contributed by atoms with van der Waals surface area (Å²) < 4.78 is 0. The topological polar surface area (TPSA) is 120 Å². The van der Waals surface area contributed by atoms with Gasteiger partial charge in [-0.1, -0.05) is 18.6 Å². The zero-order valence-corrected chi connectivity index (χ0v) is 13.2. The Morgan fingerprint density at radius 3 is 2.52 bits per heavy atom. The maximum atomic E-state index is 9.57. The molecule has 1 spiro atoms. The van der Waals surface area contributed by atoms with Gasteiger partial charge in [0, 0.05) is 5.69 Å². The first kappa shape index (κ1) is 15.8. The minimum atomic E-state index is -1.53. The van der Waals surface area contributed by atoms with E-state index in [1.165, 1.54) is 0 Å². The molecule has 122 valence electrons. The minimum Gasteiger partial charge on any atom is -0.423 e. The second-order valence-corrected chi connectivity index (χ2v) is 6.18. The number of nitrogens with two attached hydrogens (primary N) is 2. The summed E-state index contributed by atoms with van der Waals surface area (Å²) in [4.78, 5) is 10.7. The summed E-state index contributed by atoms with van der Waals surface area (Å²) in [7, 11) is -1.53. The van der Waals surface area contributed by atoms with Gasteiger partial charge in [-0.3, -0.25) is 4.90 Å². The second kappa shape index (κ2) is 5.86. The zero-order chi connectivity index (χ0) is 16.6. The van der Waals surface area contributed by atoms with Crippen LogP contribution in [0.4, 0.5) is 5.69 Å². The largest absolute Gasteiger partial charge is 0.488 e. The van der Waals surface area contributed by atoms with Crippen molar-refractivity contribution < 1.29 is 10.0 Å². The van der Waals surface area contributed by atoms with Crippen molar-refractivity contribution in [2.75, 3.05) is 4.90 Å². The fourth-order valence-corrected chi connectivity index (χ4v) is 3.63. The lowest BCUT2D eigenvalue weighted by molar-refractivity contribution is 0.305. The van der Waals surface area contributed by atoms with Gasteiger partial charge in [0.25, 0.3) is 0 Å². The van der Waals surface area contributed by atoms with Gasteiger partial charge in [0.1, 0.15) is 5.66 Å². The number of benzene rings is 1. The molecule has 1 fully saturated rings. The molecular formula is C15H22BN5O2. The van der Waals surface area contributed by atoms with Crippen molar-refractivity contribution in [3.63, 3.8) is 0 Å². The molecule has 0 bridgehead atoms. The number of aliphatic imine (C=N–C) groups is 2. The van der Waals surface area contributed by atoms with Crippen LogP contribution >= 0.6 is 0 Å². The maximum Gasteiger partial charge on any atom is 0.488 e. The van der Waals surface area contributed by atoms with Crippen LogP contribution in [0.5, 0.6) is 0 Å². The van der Waals surface area contributed by atoms with Gasteiger partial charge in [0.05, 0.1) is 0 Å². The molecule has 0 atom stereocenters. The zero-order valence-electron chi connectivity index (χ0n) is 13.2. The van der Waals surface area contributed by atoms with Gasteiger partial charge in [-0.05, 0) is 49.7 Å². The molecule has 3 rings (SSSR count). The standard InChI is InChI=1S/C15H22BN5O2/c1-10-11(16(22)23)6-5-7-12(10)21-14(18)19-13(17)20-15(21)8-3-2-4-9-15/h5-7,22-23H,2-4,8-9H2,1H3,(H4,17,18,19,20). The molecule has 2 aliphatic rings. The highest BCUT2D eigenvalue weighted by molar-refractivity contribution is 6.59. The molecule has 1 saturated carbocycles. The molecule has 0 aromatic heterocycles. The van der Waals surface area contributed by atoms with E-state index in [4.69, 9.17) is 11.5 Å². The smallest absolute Gasteiger partial charge is 0.423 e. The average Bonchev–Trinajstić information content (AvgIpc) is 2.48. The van der Waals surface area contributed by atoms with E-state index in [0.29, 0.717) is 11.4 Å². The van der Waals surface area contributed by atoms with Crippen molar-refractivity contribution >= 4 is 30.2 Å². The van der Waals surface area contributed by atoms with Crippen LogP contribution in [0.3, 0.4) is 0 Å². The average molecular weight is 315 g/mol. The van der Waals surface area contributed by atoms with Gasteiger partial charge < -0.3 is 21.5 Å². The lowest BCUT2D eigenvalue weighted by atomic mass is 9.76. The molecule has 8 heteroatoms. The Bertz CT molecular complexity index is 668.